The van der Waals surface area contributed by atoms with Crippen molar-refractivity contribution in [3.8, 4) is 0 Å². The molecule has 0 aromatic carbocycles. The van der Waals surface area contributed by atoms with Crippen LogP contribution >= 0.6 is 0 Å². The number of aryl methyl sites for hydroxylation is 1. The molecule has 0 amide bonds. The molecule has 1 aromatic heterocycles. The van der Waals surface area contributed by atoms with Gasteiger partial charge in [0.2, 0.25) is 0 Å². The Hall–Kier alpha value is -0.890. The zero-order chi connectivity index (χ0) is 11.4. The first-order chi connectivity index (χ1) is 7.79. The number of nitrogens with zero attached hydrogens (tertiary/aromatic N) is 1. The molecule has 0 saturated heterocycles. The fourth-order valence-corrected chi connectivity index (χ4v) is 2.69. The summed E-state index contributed by atoms with van der Waals surface area (Å²) in [4.78, 5) is 4.40. The van der Waals surface area contributed by atoms with E-state index in [2.05, 4.69) is 35.6 Å². The SMILES string of the molecule is CCNC1CCCC(c2ccc(C)nc2)C1. The van der Waals surface area contributed by atoms with Crippen molar-refractivity contribution in [2.75, 3.05) is 6.54 Å². The van der Waals surface area contributed by atoms with E-state index in [1.54, 1.807) is 0 Å². The molecule has 2 unspecified atom stereocenters. The maximum atomic E-state index is 4.40. The molecule has 0 radical (unpaired) electrons. The van der Waals surface area contributed by atoms with Gasteiger partial charge in [0, 0.05) is 17.9 Å². The van der Waals surface area contributed by atoms with E-state index in [1.165, 1.54) is 31.2 Å². The number of rotatable bonds is 3. The molecule has 0 spiro atoms. The van der Waals surface area contributed by atoms with Crippen molar-refractivity contribution in [3.63, 3.8) is 0 Å². The van der Waals surface area contributed by atoms with Crippen LogP contribution in [0.4, 0.5) is 0 Å². The highest BCUT2D eigenvalue weighted by atomic mass is 14.9. The second-order valence-corrected chi connectivity index (χ2v) is 4.85. The summed E-state index contributed by atoms with van der Waals surface area (Å²) in [6, 6.07) is 5.10. The summed E-state index contributed by atoms with van der Waals surface area (Å²) in [5, 5.41) is 3.58. The van der Waals surface area contributed by atoms with Crippen molar-refractivity contribution >= 4 is 0 Å². The molecule has 1 aliphatic rings. The Morgan fingerprint density at radius 3 is 2.94 bits per heavy atom. The lowest BCUT2D eigenvalue weighted by Crippen LogP contribution is -2.33. The van der Waals surface area contributed by atoms with Gasteiger partial charge in [-0.3, -0.25) is 4.98 Å². The largest absolute Gasteiger partial charge is 0.314 e. The van der Waals surface area contributed by atoms with Crippen LogP contribution in [0.2, 0.25) is 0 Å². The van der Waals surface area contributed by atoms with E-state index in [0.29, 0.717) is 12.0 Å². The zero-order valence-electron chi connectivity index (χ0n) is 10.4. The van der Waals surface area contributed by atoms with Crippen LogP contribution in [0.15, 0.2) is 18.3 Å². The van der Waals surface area contributed by atoms with Crippen LogP contribution in [0.3, 0.4) is 0 Å². The van der Waals surface area contributed by atoms with Crippen molar-refractivity contribution in [3.05, 3.63) is 29.6 Å². The predicted octanol–water partition coefficient (Wildman–Crippen LogP) is 3.03. The van der Waals surface area contributed by atoms with Crippen LogP contribution in [0.5, 0.6) is 0 Å². The maximum Gasteiger partial charge on any atom is 0.0372 e. The average molecular weight is 218 g/mol. The Labute approximate surface area is 98.5 Å². The topological polar surface area (TPSA) is 24.9 Å². The monoisotopic (exact) mass is 218 g/mol. The van der Waals surface area contributed by atoms with Crippen LogP contribution in [0, 0.1) is 6.92 Å². The molecular formula is C14H22N2. The molecule has 0 bridgehead atoms. The summed E-state index contributed by atoms with van der Waals surface area (Å²) in [5.41, 5.74) is 2.54. The average Bonchev–Trinajstić information content (AvgIpc) is 2.31. The molecule has 1 aromatic rings. The van der Waals surface area contributed by atoms with Crippen molar-refractivity contribution < 1.29 is 0 Å². The molecule has 1 fully saturated rings. The molecule has 2 heteroatoms. The highest BCUT2D eigenvalue weighted by Gasteiger charge is 2.22. The molecule has 1 aliphatic carbocycles. The smallest absolute Gasteiger partial charge is 0.0372 e. The van der Waals surface area contributed by atoms with E-state index >= 15 is 0 Å². The minimum absolute atomic E-state index is 0.713. The second-order valence-electron chi connectivity index (χ2n) is 4.85. The quantitative estimate of drug-likeness (QED) is 0.843. The molecular weight excluding hydrogens is 196 g/mol. The van der Waals surface area contributed by atoms with Crippen LogP contribution < -0.4 is 5.32 Å². The molecule has 0 aliphatic heterocycles. The van der Waals surface area contributed by atoms with Gasteiger partial charge in [0.15, 0.2) is 0 Å². The molecule has 2 rings (SSSR count). The second kappa shape index (κ2) is 5.44. The summed E-state index contributed by atoms with van der Waals surface area (Å²) in [6.07, 6.45) is 7.35. The number of hydrogen-bond acceptors (Lipinski definition) is 2. The normalized spacial score (nSPS) is 25.6. The van der Waals surface area contributed by atoms with Crippen molar-refractivity contribution in [1.29, 1.82) is 0 Å². The van der Waals surface area contributed by atoms with Crippen molar-refractivity contribution in [2.45, 2.75) is 51.5 Å². The molecule has 1 saturated carbocycles. The molecule has 16 heavy (non-hydrogen) atoms. The fourth-order valence-electron chi connectivity index (χ4n) is 2.69. The Morgan fingerprint density at radius 1 is 1.38 bits per heavy atom. The van der Waals surface area contributed by atoms with Crippen LogP contribution in [-0.4, -0.2) is 17.6 Å². The number of pyridine rings is 1. The van der Waals surface area contributed by atoms with Gasteiger partial charge in [0.25, 0.3) is 0 Å². The third-order valence-electron chi connectivity index (χ3n) is 3.57. The Bertz CT molecular complexity index is 316. The van der Waals surface area contributed by atoms with Gasteiger partial charge in [-0.1, -0.05) is 19.4 Å². The van der Waals surface area contributed by atoms with Gasteiger partial charge in [0.1, 0.15) is 0 Å². The first-order valence-corrected chi connectivity index (χ1v) is 6.45. The number of nitrogens with one attached hydrogen (secondary N) is 1. The van der Waals surface area contributed by atoms with E-state index in [0.717, 1.165) is 12.2 Å². The molecule has 1 N–H and O–H groups in total. The summed E-state index contributed by atoms with van der Waals surface area (Å²) in [7, 11) is 0. The predicted molar refractivity (Wildman–Crippen MR) is 67.6 cm³/mol. The Morgan fingerprint density at radius 2 is 2.25 bits per heavy atom. The number of aromatic nitrogens is 1. The van der Waals surface area contributed by atoms with Crippen LogP contribution in [0.1, 0.15) is 49.8 Å². The first-order valence-electron chi connectivity index (χ1n) is 6.45. The van der Waals surface area contributed by atoms with Gasteiger partial charge in [-0.05, 0) is 50.3 Å². The Balaban J connectivity index is 2.01. The minimum Gasteiger partial charge on any atom is -0.314 e. The molecule has 88 valence electrons. The van der Waals surface area contributed by atoms with Gasteiger partial charge in [-0.2, -0.15) is 0 Å². The number of hydrogen-bond donors (Lipinski definition) is 1. The van der Waals surface area contributed by atoms with Gasteiger partial charge < -0.3 is 5.32 Å². The fraction of sp³-hybridized carbons (Fsp3) is 0.643. The molecule has 2 atom stereocenters. The summed E-state index contributed by atoms with van der Waals surface area (Å²) >= 11 is 0. The van der Waals surface area contributed by atoms with E-state index in [9.17, 15) is 0 Å². The standard InChI is InChI=1S/C14H22N2/c1-3-15-14-6-4-5-12(9-14)13-8-7-11(2)16-10-13/h7-8,10,12,14-15H,3-6,9H2,1-2H3. The van der Waals surface area contributed by atoms with E-state index in [4.69, 9.17) is 0 Å². The lowest BCUT2D eigenvalue weighted by molar-refractivity contribution is 0.344. The lowest BCUT2D eigenvalue weighted by Gasteiger charge is -2.29. The molecule has 2 nitrogen and oxygen atoms in total. The minimum atomic E-state index is 0.713. The van der Waals surface area contributed by atoms with Gasteiger partial charge in [-0.25, -0.2) is 0 Å². The lowest BCUT2D eigenvalue weighted by atomic mass is 9.82. The maximum absolute atomic E-state index is 4.40. The molecule has 1 heterocycles. The van der Waals surface area contributed by atoms with Crippen molar-refractivity contribution in [2.24, 2.45) is 0 Å². The summed E-state index contributed by atoms with van der Waals surface area (Å²) < 4.78 is 0. The van der Waals surface area contributed by atoms with E-state index in [1.807, 2.05) is 6.92 Å². The van der Waals surface area contributed by atoms with E-state index < -0.39 is 0 Å². The highest BCUT2D eigenvalue weighted by Crippen LogP contribution is 2.32. The van der Waals surface area contributed by atoms with Crippen LogP contribution in [-0.2, 0) is 0 Å². The van der Waals surface area contributed by atoms with Gasteiger partial charge in [0.05, 0.1) is 0 Å². The van der Waals surface area contributed by atoms with Gasteiger partial charge in [-0.15, -0.1) is 0 Å². The summed E-state index contributed by atoms with van der Waals surface area (Å²) in [5.74, 6) is 0.714. The zero-order valence-corrected chi connectivity index (χ0v) is 10.4. The summed E-state index contributed by atoms with van der Waals surface area (Å²) in [6.45, 7) is 5.33. The highest BCUT2D eigenvalue weighted by molar-refractivity contribution is 5.18. The Kier molecular flexibility index (Phi) is 3.94. The third kappa shape index (κ3) is 2.82. The third-order valence-corrected chi connectivity index (χ3v) is 3.57. The van der Waals surface area contributed by atoms with Crippen LogP contribution in [0.25, 0.3) is 0 Å². The first kappa shape index (κ1) is 11.6. The van der Waals surface area contributed by atoms with Gasteiger partial charge >= 0.3 is 0 Å². The van der Waals surface area contributed by atoms with E-state index in [-0.39, 0.29) is 0 Å². The van der Waals surface area contributed by atoms with Crippen molar-refractivity contribution in [1.82, 2.24) is 10.3 Å².